The minimum absolute atomic E-state index is 0.0432. The molecule has 5 nitrogen and oxygen atoms in total. The fraction of sp³-hybridized carbons (Fsp3) is 0.227. The van der Waals surface area contributed by atoms with E-state index in [0.29, 0.717) is 36.8 Å². The van der Waals surface area contributed by atoms with Crippen LogP contribution in [0.15, 0.2) is 82.6 Å². The molecule has 0 aliphatic carbocycles. The Balaban J connectivity index is 1.38. The number of thioether (sulfide) groups is 1. The Labute approximate surface area is 175 Å². The lowest BCUT2D eigenvalue weighted by atomic mass is 10.1. The van der Waals surface area contributed by atoms with Crippen LogP contribution in [0.5, 0.6) is 0 Å². The number of amides is 1. The van der Waals surface area contributed by atoms with Crippen molar-refractivity contribution in [3.63, 3.8) is 0 Å². The van der Waals surface area contributed by atoms with Gasteiger partial charge in [-0.15, -0.1) is 11.8 Å². The number of hydrogen-bond acceptors (Lipinski definition) is 4. The van der Waals surface area contributed by atoms with Crippen LogP contribution in [0.3, 0.4) is 0 Å². The quantitative estimate of drug-likeness (QED) is 0.586. The van der Waals surface area contributed by atoms with Gasteiger partial charge in [0.1, 0.15) is 0 Å². The largest absolute Gasteiger partial charge is 0.339 e. The van der Waals surface area contributed by atoms with Gasteiger partial charge in [0.2, 0.25) is 15.9 Å². The van der Waals surface area contributed by atoms with E-state index in [1.54, 1.807) is 17.0 Å². The number of sulfonamides is 1. The smallest absolute Gasteiger partial charge is 0.243 e. The molecule has 7 heteroatoms. The summed E-state index contributed by atoms with van der Waals surface area (Å²) in [6.45, 7) is 1.47. The Kier molecular flexibility index (Phi) is 5.89. The lowest BCUT2D eigenvalue weighted by molar-refractivity contribution is -0.129. The molecule has 1 heterocycles. The molecule has 0 radical (unpaired) electrons. The molecule has 1 saturated heterocycles. The number of hydrogen-bond donors (Lipinski definition) is 0. The summed E-state index contributed by atoms with van der Waals surface area (Å²) >= 11 is 1.50. The van der Waals surface area contributed by atoms with Crippen LogP contribution >= 0.6 is 11.8 Å². The van der Waals surface area contributed by atoms with E-state index in [9.17, 15) is 13.2 Å². The fourth-order valence-corrected chi connectivity index (χ4v) is 5.69. The fourth-order valence-electron chi connectivity index (χ4n) is 3.41. The maximum Gasteiger partial charge on any atom is 0.243 e. The zero-order chi connectivity index (χ0) is 20.3. The second-order valence-corrected chi connectivity index (χ2v) is 9.88. The van der Waals surface area contributed by atoms with Crippen LogP contribution in [0.25, 0.3) is 10.8 Å². The average molecular weight is 427 g/mol. The minimum Gasteiger partial charge on any atom is -0.339 e. The van der Waals surface area contributed by atoms with Gasteiger partial charge >= 0.3 is 0 Å². The highest BCUT2D eigenvalue weighted by Gasteiger charge is 2.30. The molecule has 0 unspecified atom stereocenters. The third kappa shape index (κ3) is 4.47. The number of benzene rings is 3. The van der Waals surface area contributed by atoms with Crippen molar-refractivity contribution in [2.45, 2.75) is 9.79 Å². The van der Waals surface area contributed by atoms with Crippen LogP contribution in [0, 0.1) is 0 Å². The summed E-state index contributed by atoms with van der Waals surface area (Å²) < 4.78 is 27.6. The van der Waals surface area contributed by atoms with Crippen molar-refractivity contribution >= 4 is 38.5 Å². The monoisotopic (exact) mass is 426 g/mol. The molecule has 150 valence electrons. The number of rotatable bonds is 5. The Bertz CT molecular complexity index is 1110. The van der Waals surface area contributed by atoms with Crippen LogP contribution in [-0.4, -0.2) is 55.5 Å². The average Bonchev–Trinajstić information content (AvgIpc) is 2.78. The van der Waals surface area contributed by atoms with Crippen LogP contribution in [0.2, 0.25) is 0 Å². The summed E-state index contributed by atoms with van der Waals surface area (Å²) in [5, 5.41) is 1.91. The van der Waals surface area contributed by atoms with Crippen molar-refractivity contribution in [1.82, 2.24) is 9.21 Å². The summed E-state index contributed by atoms with van der Waals surface area (Å²) in [6, 6.07) is 22.7. The van der Waals surface area contributed by atoms with Crippen molar-refractivity contribution in [2.75, 3.05) is 31.9 Å². The molecule has 1 aliphatic rings. The van der Waals surface area contributed by atoms with Gasteiger partial charge in [0.25, 0.3) is 0 Å². The maximum absolute atomic E-state index is 13.0. The van der Waals surface area contributed by atoms with Gasteiger partial charge in [0.15, 0.2) is 0 Å². The summed E-state index contributed by atoms with van der Waals surface area (Å²) in [5.41, 5.74) is 0. The Hall–Kier alpha value is -2.35. The number of carbonyl (C=O) groups is 1. The second-order valence-electron chi connectivity index (χ2n) is 6.90. The van der Waals surface area contributed by atoms with Gasteiger partial charge in [-0.25, -0.2) is 8.42 Å². The molecule has 0 spiro atoms. The van der Waals surface area contributed by atoms with Gasteiger partial charge in [-0.1, -0.05) is 48.5 Å². The molecule has 29 heavy (non-hydrogen) atoms. The molecule has 1 fully saturated rings. The highest BCUT2D eigenvalue weighted by Crippen LogP contribution is 2.23. The normalized spacial score (nSPS) is 15.5. The van der Waals surface area contributed by atoms with Gasteiger partial charge in [0.05, 0.1) is 10.6 Å². The van der Waals surface area contributed by atoms with Gasteiger partial charge in [-0.05, 0) is 35.0 Å². The molecular weight excluding hydrogens is 404 g/mol. The van der Waals surface area contributed by atoms with Crippen molar-refractivity contribution in [2.24, 2.45) is 0 Å². The minimum atomic E-state index is -3.57. The lowest BCUT2D eigenvalue weighted by Gasteiger charge is -2.34. The topological polar surface area (TPSA) is 57.7 Å². The number of piperazine rings is 1. The molecule has 0 bridgehead atoms. The molecule has 1 amide bonds. The third-order valence-corrected chi connectivity index (χ3v) is 7.95. The first kappa shape index (κ1) is 19.9. The van der Waals surface area contributed by atoms with E-state index in [1.807, 2.05) is 60.7 Å². The van der Waals surface area contributed by atoms with E-state index in [1.165, 1.54) is 16.1 Å². The van der Waals surface area contributed by atoms with Crippen LogP contribution in [0.1, 0.15) is 0 Å². The van der Waals surface area contributed by atoms with Gasteiger partial charge in [-0.3, -0.25) is 4.79 Å². The van der Waals surface area contributed by atoms with Gasteiger partial charge in [0, 0.05) is 31.1 Å². The Morgan fingerprint density at radius 1 is 0.828 bits per heavy atom. The van der Waals surface area contributed by atoms with Gasteiger partial charge in [-0.2, -0.15) is 4.31 Å². The third-order valence-electron chi connectivity index (χ3n) is 5.06. The highest BCUT2D eigenvalue weighted by molar-refractivity contribution is 8.00. The summed E-state index contributed by atoms with van der Waals surface area (Å²) in [6.07, 6.45) is 0. The predicted molar refractivity (Wildman–Crippen MR) is 116 cm³/mol. The summed E-state index contributed by atoms with van der Waals surface area (Å²) in [5.74, 6) is 0.406. The van der Waals surface area contributed by atoms with E-state index >= 15 is 0 Å². The number of carbonyl (C=O) groups excluding carboxylic acids is 1. The molecule has 0 saturated carbocycles. The van der Waals surface area contributed by atoms with E-state index in [-0.39, 0.29) is 5.91 Å². The Morgan fingerprint density at radius 2 is 1.48 bits per heavy atom. The number of fused-ring (bicyclic) bond motifs is 1. The van der Waals surface area contributed by atoms with Crippen LogP contribution in [-0.2, 0) is 14.8 Å². The van der Waals surface area contributed by atoms with Crippen molar-refractivity contribution in [1.29, 1.82) is 0 Å². The molecule has 4 rings (SSSR count). The first-order valence-electron chi connectivity index (χ1n) is 9.49. The number of nitrogens with zero attached hydrogens (tertiary/aromatic N) is 2. The highest BCUT2D eigenvalue weighted by atomic mass is 32.2. The van der Waals surface area contributed by atoms with E-state index < -0.39 is 10.0 Å². The second kappa shape index (κ2) is 8.57. The Morgan fingerprint density at radius 3 is 2.21 bits per heavy atom. The lowest BCUT2D eigenvalue weighted by Crippen LogP contribution is -2.50. The molecule has 0 aromatic heterocycles. The molecule has 0 atom stereocenters. The van der Waals surface area contributed by atoms with E-state index in [0.717, 1.165) is 15.7 Å². The standard InChI is InChI=1S/C22H22N2O3S2/c25-22(17-28-20-8-2-1-3-9-20)23-12-14-24(15-13-23)29(26,27)21-11-10-18-6-4-5-7-19(18)16-21/h1-11,16H,12-15,17H2. The zero-order valence-electron chi connectivity index (χ0n) is 15.9. The van der Waals surface area contributed by atoms with Crippen LogP contribution in [0.4, 0.5) is 0 Å². The maximum atomic E-state index is 13.0. The molecular formula is C22H22N2O3S2. The van der Waals surface area contributed by atoms with Crippen molar-refractivity contribution < 1.29 is 13.2 Å². The summed E-state index contributed by atoms with van der Waals surface area (Å²) in [4.78, 5) is 15.6. The summed E-state index contributed by atoms with van der Waals surface area (Å²) in [7, 11) is -3.57. The first-order valence-corrected chi connectivity index (χ1v) is 11.9. The SMILES string of the molecule is O=C(CSc1ccccc1)N1CCN(S(=O)(=O)c2ccc3ccccc3c2)CC1. The van der Waals surface area contributed by atoms with E-state index in [4.69, 9.17) is 0 Å². The van der Waals surface area contributed by atoms with Crippen LogP contribution < -0.4 is 0 Å². The molecule has 3 aromatic carbocycles. The molecule has 0 N–H and O–H groups in total. The molecule has 3 aromatic rings. The van der Waals surface area contributed by atoms with Crippen molar-refractivity contribution in [3.05, 3.63) is 72.8 Å². The zero-order valence-corrected chi connectivity index (χ0v) is 17.5. The van der Waals surface area contributed by atoms with E-state index in [2.05, 4.69) is 0 Å². The molecule has 1 aliphatic heterocycles. The van der Waals surface area contributed by atoms with Gasteiger partial charge < -0.3 is 4.90 Å². The van der Waals surface area contributed by atoms with Crippen molar-refractivity contribution in [3.8, 4) is 0 Å². The predicted octanol–water partition coefficient (Wildman–Crippen LogP) is 3.47. The first-order chi connectivity index (χ1) is 14.0.